The van der Waals surface area contributed by atoms with E-state index in [1.807, 2.05) is 0 Å². The number of hydrogen-bond acceptors (Lipinski definition) is 4. The molecule has 1 amide bonds. The fourth-order valence-corrected chi connectivity index (χ4v) is 2.90. The molecule has 144 valence electrons. The first-order valence-electron chi connectivity index (χ1n) is 8.53. The summed E-state index contributed by atoms with van der Waals surface area (Å²) in [6.45, 7) is 3.80. The van der Waals surface area contributed by atoms with Crippen LogP contribution in [0.25, 0.3) is 0 Å². The van der Waals surface area contributed by atoms with Gasteiger partial charge in [0.2, 0.25) is 0 Å². The molecule has 1 saturated carbocycles. The molecule has 26 heavy (non-hydrogen) atoms. The summed E-state index contributed by atoms with van der Waals surface area (Å²) in [5.41, 5.74) is 0.653. The molecule has 2 unspecified atom stereocenters. The van der Waals surface area contributed by atoms with Gasteiger partial charge >= 0.3 is 11.9 Å². The summed E-state index contributed by atoms with van der Waals surface area (Å²) in [4.78, 5) is 30.1. The van der Waals surface area contributed by atoms with Gasteiger partial charge < -0.3 is 20.8 Å². The molecule has 0 radical (unpaired) electrons. The van der Waals surface area contributed by atoms with Crippen molar-refractivity contribution in [1.82, 2.24) is 10.6 Å². The summed E-state index contributed by atoms with van der Waals surface area (Å²) < 4.78 is 0. The van der Waals surface area contributed by atoms with E-state index in [2.05, 4.69) is 17.6 Å². The smallest absolute Gasteiger partial charge is 0.414 e. The Morgan fingerprint density at radius 1 is 1.08 bits per heavy atom. The van der Waals surface area contributed by atoms with Crippen molar-refractivity contribution in [3.63, 3.8) is 0 Å². The average molecular weight is 385 g/mol. The van der Waals surface area contributed by atoms with Crippen LogP contribution >= 0.6 is 11.6 Å². The number of amides is 1. The van der Waals surface area contributed by atoms with Crippen LogP contribution in [0.1, 0.15) is 43.0 Å². The standard InChI is InChI=1S/C16H23ClN2O.C2H2O4/c1-12-3-2-4-15(11-12)18-9-10-19-16(20)13-5-7-14(17)8-6-13;3-1(4)2(5)6/h5-8,12,15,18H,2-4,9-11H2,1H3,(H,19,20);(H,3,4)(H,5,6). The van der Waals surface area contributed by atoms with Crippen molar-refractivity contribution in [3.8, 4) is 0 Å². The van der Waals surface area contributed by atoms with Gasteiger partial charge in [-0.1, -0.05) is 31.4 Å². The second-order valence-electron chi connectivity index (χ2n) is 6.30. The van der Waals surface area contributed by atoms with Crippen molar-refractivity contribution in [2.24, 2.45) is 5.92 Å². The van der Waals surface area contributed by atoms with E-state index in [1.54, 1.807) is 24.3 Å². The average Bonchev–Trinajstić information content (AvgIpc) is 2.59. The predicted octanol–water partition coefficient (Wildman–Crippen LogP) is 2.39. The third-order valence-electron chi connectivity index (χ3n) is 4.07. The van der Waals surface area contributed by atoms with E-state index in [4.69, 9.17) is 31.4 Å². The first-order chi connectivity index (χ1) is 12.3. The molecule has 7 nitrogen and oxygen atoms in total. The first kappa shape index (κ1) is 21.9. The molecule has 2 atom stereocenters. The van der Waals surface area contributed by atoms with Crippen molar-refractivity contribution in [1.29, 1.82) is 0 Å². The maximum Gasteiger partial charge on any atom is 0.414 e. The molecule has 1 aliphatic rings. The second-order valence-corrected chi connectivity index (χ2v) is 6.73. The number of carboxylic acids is 2. The molecule has 0 aliphatic heterocycles. The van der Waals surface area contributed by atoms with Crippen LogP contribution in [0.4, 0.5) is 0 Å². The SMILES string of the molecule is CC1CCCC(NCCNC(=O)c2ccc(Cl)cc2)C1.O=C(O)C(=O)O. The summed E-state index contributed by atoms with van der Waals surface area (Å²) in [6, 6.07) is 7.57. The zero-order chi connectivity index (χ0) is 19.5. The summed E-state index contributed by atoms with van der Waals surface area (Å²) in [5.74, 6) is -2.87. The van der Waals surface area contributed by atoms with Crippen molar-refractivity contribution in [3.05, 3.63) is 34.9 Å². The summed E-state index contributed by atoms with van der Waals surface area (Å²) >= 11 is 5.80. The molecule has 0 saturated heterocycles. The van der Waals surface area contributed by atoms with Crippen LogP contribution in [-0.2, 0) is 9.59 Å². The molecule has 1 aliphatic carbocycles. The molecule has 0 heterocycles. The lowest BCUT2D eigenvalue weighted by atomic mass is 9.87. The number of carbonyl (C=O) groups is 3. The number of hydrogen-bond donors (Lipinski definition) is 4. The molecule has 8 heteroatoms. The van der Waals surface area contributed by atoms with Gasteiger partial charge in [0.1, 0.15) is 0 Å². The van der Waals surface area contributed by atoms with Crippen LogP contribution in [0, 0.1) is 5.92 Å². The second kappa shape index (κ2) is 11.5. The minimum Gasteiger partial charge on any atom is -0.473 e. The minimum atomic E-state index is -1.82. The number of benzene rings is 1. The van der Waals surface area contributed by atoms with E-state index in [1.165, 1.54) is 25.7 Å². The Balaban J connectivity index is 0.000000487. The van der Waals surface area contributed by atoms with E-state index in [0.717, 1.165) is 12.5 Å². The van der Waals surface area contributed by atoms with Gasteiger partial charge in [0, 0.05) is 29.7 Å². The van der Waals surface area contributed by atoms with E-state index in [-0.39, 0.29) is 5.91 Å². The van der Waals surface area contributed by atoms with Gasteiger partial charge in [-0.3, -0.25) is 4.79 Å². The molecule has 4 N–H and O–H groups in total. The monoisotopic (exact) mass is 384 g/mol. The Morgan fingerprint density at radius 3 is 2.23 bits per heavy atom. The highest BCUT2D eigenvalue weighted by Gasteiger charge is 2.17. The fourth-order valence-electron chi connectivity index (χ4n) is 2.78. The van der Waals surface area contributed by atoms with Crippen LogP contribution < -0.4 is 10.6 Å². The highest BCUT2D eigenvalue weighted by molar-refractivity contribution is 6.30. The third kappa shape index (κ3) is 8.82. The fraction of sp³-hybridized carbons (Fsp3) is 0.500. The summed E-state index contributed by atoms with van der Waals surface area (Å²) in [6.07, 6.45) is 5.18. The van der Waals surface area contributed by atoms with Gasteiger partial charge in [-0.15, -0.1) is 0 Å². The van der Waals surface area contributed by atoms with E-state index < -0.39 is 11.9 Å². The molecular formula is C18H25ClN2O5. The minimum absolute atomic E-state index is 0.0412. The van der Waals surface area contributed by atoms with Crippen molar-refractivity contribution in [2.75, 3.05) is 13.1 Å². The first-order valence-corrected chi connectivity index (χ1v) is 8.90. The Labute approximate surface area is 157 Å². The lowest BCUT2D eigenvalue weighted by molar-refractivity contribution is -0.159. The molecule has 0 aromatic heterocycles. The lowest BCUT2D eigenvalue weighted by Crippen LogP contribution is -2.39. The molecule has 1 aromatic rings. The van der Waals surface area contributed by atoms with Crippen LogP contribution in [0.5, 0.6) is 0 Å². The highest BCUT2D eigenvalue weighted by Crippen LogP contribution is 2.23. The maximum atomic E-state index is 11.9. The van der Waals surface area contributed by atoms with Crippen LogP contribution in [0.3, 0.4) is 0 Å². The van der Waals surface area contributed by atoms with Crippen LogP contribution in [-0.4, -0.2) is 47.2 Å². The molecule has 0 bridgehead atoms. The topological polar surface area (TPSA) is 116 Å². The number of aliphatic carboxylic acids is 2. The normalized spacial score (nSPS) is 19.0. The molecule has 2 rings (SSSR count). The molecule has 1 fully saturated rings. The molecular weight excluding hydrogens is 360 g/mol. The quantitative estimate of drug-likeness (QED) is 0.457. The largest absolute Gasteiger partial charge is 0.473 e. The van der Waals surface area contributed by atoms with Gasteiger partial charge in [0.25, 0.3) is 5.91 Å². The van der Waals surface area contributed by atoms with E-state index >= 15 is 0 Å². The molecule has 0 spiro atoms. The number of carbonyl (C=O) groups excluding carboxylic acids is 1. The van der Waals surface area contributed by atoms with Crippen molar-refractivity contribution >= 4 is 29.4 Å². The number of rotatable bonds is 5. The summed E-state index contributed by atoms with van der Waals surface area (Å²) in [7, 11) is 0. The zero-order valence-electron chi connectivity index (χ0n) is 14.7. The molecule has 1 aromatic carbocycles. The number of halogens is 1. The van der Waals surface area contributed by atoms with Crippen molar-refractivity contribution < 1.29 is 24.6 Å². The van der Waals surface area contributed by atoms with Crippen LogP contribution in [0.2, 0.25) is 5.02 Å². The van der Waals surface area contributed by atoms with E-state index in [0.29, 0.717) is 23.2 Å². The lowest BCUT2D eigenvalue weighted by Gasteiger charge is -2.27. The Kier molecular flexibility index (Phi) is 9.69. The maximum absolute atomic E-state index is 11.9. The van der Waals surface area contributed by atoms with Gasteiger partial charge in [-0.05, 0) is 43.0 Å². The Bertz CT molecular complexity index is 594. The zero-order valence-corrected chi connectivity index (χ0v) is 15.5. The Hall–Kier alpha value is -2.12. The van der Waals surface area contributed by atoms with Gasteiger partial charge in [-0.2, -0.15) is 0 Å². The van der Waals surface area contributed by atoms with E-state index in [9.17, 15) is 4.79 Å². The number of nitrogens with one attached hydrogen (secondary N) is 2. The van der Waals surface area contributed by atoms with Crippen molar-refractivity contribution in [2.45, 2.75) is 38.6 Å². The summed E-state index contributed by atoms with van der Waals surface area (Å²) in [5, 5.41) is 21.9. The number of carboxylic acid groups (broad SMARTS) is 2. The predicted molar refractivity (Wildman–Crippen MR) is 98.5 cm³/mol. The Morgan fingerprint density at radius 2 is 1.69 bits per heavy atom. The third-order valence-corrected chi connectivity index (χ3v) is 4.32. The highest BCUT2D eigenvalue weighted by atomic mass is 35.5. The van der Waals surface area contributed by atoms with Gasteiger partial charge in [-0.25, -0.2) is 9.59 Å². The van der Waals surface area contributed by atoms with Gasteiger partial charge in [0.05, 0.1) is 0 Å². The van der Waals surface area contributed by atoms with Crippen LogP contribution in [0.15, 0.2) is 24.3 Å². The van der Waals surface area contributed by atoms with Gasteiger partial charge in [0.15, 0.2) is 0 Å².